The molecule has 0 aromatic rings. The lowest BCUT2D eigenvalue weighted by atomic mass is 9.97. The van der Waals surface area contributed by atoms with Crippen LogP contribution >= 0.6 is 0 Å². The van der Waals surface area contributed by atoms with Crippen LogP contribution in [0.15, 0.2) is 0 Å². The lowest BCUT2D eigenvalue weighted by molar-refractivity contribution is -0.248. The summed E-state index contributed by atoms with van der Waals surface area (Å²) in [7, 11) is -9.91. The van der Waals surface area contributed by atoms with Gasteiger partial charge in [0, 0.05) is 6.92 Å². The number of carbonyl (C=O) groups is 2. The van der Waals surface area contributed by atoms with E-state index in [1.54, 1.807) is 0 Å². The number of aliphatic hydroxyl groups excluding tert-OH is 7. The van der Waals surface area contributed by atoms with E-state index in [4.69, 9.17) is 34.3 Å². The lowest BCUT2D eigenvalue weighted by Crippen LogP contribution is -2.64. The molecule has 1 aliphatic rings. The van der Waals surface area contributed by atoms with E-state index >= 15 is 0 Å². The normalized spacial score (nSPS) is 28.6. The number of carbonyl (C=O) groups excluding carboxylic acids is 2. The van der Waals surface area contributed by atoms with E-state index in [-0.39, 0.29) is 6.29 Å². The third-order valence-electron chi connectivity index (χ3n) is 4.11. The second-order valence-corrected chi connectivity index (χ2v) is 8.90. The van der Waals surface area contributed by atoms with Crippen LogP contribution in [-0.2, 0) is 43.5 Å². The highest BCUT2D eigenvalue weighted by atomic mass is 32.3. The molecule has 10 N–H and O–H groups in total. The van der Waals surface area contributed by atoms with Crippen molar-refractivity contribution in [3.05, 3.63) is 0 Å². The molecule has 21 heteroatoms. The van der Waals surface area contributed by atoms with Crippen LogP contribution in [0.25, 0.3) is 0 Å². The first-order valence-corrected chi connectivity index (χ1v) is 11.9. The van der Waals surface area contributed by atoms with Crippen LogP contribution in [0.2, 0.25) is 0 Å². The van der Waals surface area contributed by atoms with E-state index in [0.29, 0.717) is 0 Å². The van der Waals surface area contributed by atoms with E-state index in [1.807, 2.05) is 0 Å². The molecular formula is C14H27NO18S2. The molecule has 0 radical (unpaired) electrons. The minimum Gasteiger partial charge on any atom is -0.394 e. The monoisotopic (exact) mass is 561 g/mol. The molecule has 0 aromatic heterocycles. The maximum atomic E-state index is 10.9. The van der Waals surface area contributed by atoms with Crippen molar-refractivity contribution >= 4 is 33.0 Å². The summed E-state index contributed by atoms with van der Waals surface area (Å²) < 4.78 is 71.3. The molecule has 0 aliphatic carbocycles. The molecule has 208 valence electrons. The Bertz CT molecular complexity index is 880. The van der Waals surface area contributed by atoms with Gasteiger partial charge in [-0.2, -0.15) is 16.8 Å². The highest BCUT2D eigenvalue weighted by molar-refractivity contribution is 7.81. The maximum absolute atomic E-state index is 10.9. The van der Waals surface area contributed by atoms with Crippen molar-refractivity contribution in [1.82, 2.24) is 5.32 Å². The smallest absolute Gasteiger partial charge is 0.394 e. The van der Waals surface area contributed by atoms with Gasteiger partial charge in [-0.25, -0.2) is 8.37 Å². The molecule has 1 rings (SSSR count). The topological polar surface area (TPSA) is 324 Å². The van der Waals surface area contributed by atoms with Gasteiger partial charge in [-0.3, -0.25) is 13.9 Å². The number of ether oxygens (including phenoxy) is 1. The first kappa shape index (κ1) is 33.6. The van der Waals surface area contributed by atoms with Crippen molar-refractivity contribution in [2.45, 2.75) is 62.0 Å². The van der Waals surface area contributed by atoms with Crippen molar-refractivity contribution in [2.24, 2.45) is 0 Å². The highest BCUT2D eigenvalue weighted by Crippen LogP contribution is 2.23. The van der Waals surface area contributed by atoms with Gasteiger partial charge in [-0.15, -0.1) is 0 Å². The van der Waals surface area contributed by atoms with E-state index in [2.05, 4.69) is 13.7 Å². The van der Waals surface area contributed by atoms with Crippen LogP contribution in [0.3, 0.4) is 0 Å². The molecule has 1 amide bonds. The van der Waals surface area contributed by atoms with Crippen LogP contribution in [0, 0.1) is 0 Å². The summed E-state index contributed by atoms with van der Waals surface area (Å²) in [5.41, 5.74) is 0. The fraction of sp³-hybridized carbons (Fsp3) is 0.857. The van der Waals surface area contributed by atoms with E-state index in [9.17, 15) is 41.7 Å². The molecule has 0 aromatic carbocycles. The first-order valence-electron chi connectivity index (χ1n) is 9.19. The average Bonchev–Trinajstić information content (AvgIpc) is 2.74. The Morgan fingerprint density at radius 3 is 1.97 bits per heavy atom. The molecule has 0 saturated carbocycles. The van der Waals surface area contributed by atoms with Gasteiger partial charge in [0.15, 0.2) is 18.7 Å². The van der Waals surface area contributed by atoms with Gasteiger partial charge >= 0.3 is 20.8 Å². The number of aldehydes is 1. The van der Waals surface area contributed by atoms with Crippen molar-refractivity contribution in [1.29, 1.82) is 0 Å². The number of aliphatic hydroxyl groups is 7. The predicted molar refractivity (Wildman–Crippen MR) is 106 cm³/mol. The SMILES string of the molecule is CC(=O)N[C@H]1C(O)O[C@H](CO)[C@H](OS(=O)(=O)O)[C@@H]1O.O=C[C@H](OS(=O)(=O)O)[C@@H](O)[C@H](O)[C@H](O)CO. The summed E-state index contributed by atoms with van der Waals surface area (Å²) in [6.07, 6.45) is -14.7. The minimum atomic E-state index is -4.99. The molecule has 1 aliphatic heterocycles. The third-order valence-corrected chi connectivity index (χ3v) is 5.04. The van der Waals surface area contributed by atoms with Gasteiger partial charge in [0.25, 0.3) is 0 Å². The second-order valence-electron chi connectivity index (χ2n) is 6.81. The zero-order chi connectivity index (χ0) is 27.7. The van der Waals surface area contributed by atoms with Gasteiger partial charge in [0.05, 0.1) is 13.2 Å². The Labute approximate surface area is 198 Å². The van der Waals surface area contributed by atoms with Gasteiger partial charge in [0.2, 0.25) is 5.91 Å². The summed E-state index contributed by atoms with van der Waals surface area (Å²) in [5.74, 6) is -0.611. The largest absolute Gasteiger partial charge is 0.398 e. The number of hydrogen-bond acceptors (Lipinski definition) is 16. The number of nitrogens with one attached hydrogen (secondary N) is 1. The molecule has 1 heterocycles. The Morgan fingerprint density at radius 1 is 1.06 bits per heavy atom. The number of amides is 1. The summed E-state index contributed by atoms with van der Waals surface area (Å²) in [5, 5.41) is 66.1. The van der Waals surface area contributed by atoms with Crippen molar-refractivity contribution < 1.29 is 84.4 Å². The summed E-state index contributed by atoms with van der Waals surface area (Å²) in [6.45, 7) is -0.590. The van der Waals surface area contributed by atoms with Crippen LogP contribution in [0.4, 0.5) is 0 Å². The maximum Gasteiger partial charge on any atom is 0.398 e. The fourth-order valence-electron chi connectivity index (χ4n) is 2.56. The third kappa shape index (κ3) is 11.9. The van der Waals surface area contributed by atoms with E-state index in [1.165, 1.54) is 0 Å². The highest BCUT2D eigenvalue weighted by Gasteiger charge is 2.47. The number of hydrogen-bond donors (Lipinski definition) is 10. The second kappa shape index (κ2) is 14.3. The van der Waals surface area contributed by atoms with Gasteiger partial charge in [-0.1, -0.05) is 0 Å². The van der Waals surface area contributed by atoms with Gasteiger partial charge in [-0.05, 0) is 0 Å². The van der Waals surface area contributed by atoms with Crippen molar-refractivity contribution in [3.63, 3.8) is 0 Å². The Balaban J connectivity index is 0.000000672. The van der Waals surface area contributed by atoms with E-state index < -0.39 is 95.0 Å². The van der Waals surface area contributed by atoms with E-state index in [0.717, 1.165) is 6.92 Å². The zero-order valence-corrected chi connectivity index (χ0v) is 19.3. The molecule has 19 nitrogen and oxygen atoms in total. The first-order chi connectivity index (χ1) is 15.9. The molecule has 1 unspecified atom stereocenters. The molecule has 0 spiro atoms. The Morgan fingerprint density at radius 2 is 1.60 bits per heavy atom. The zero-order valence-electron chi connectivity index (χ0n) is 17.7. The molecule has 1 fully saturated rings. The van der Waals surface area contributed by atoms with Crippen LogP contribution in [0.5, 0.6) is 0 Å². The Kier molecular flexibility index (Phi) is 13.7. The van der Waals surface area contributed by atoms with Gasteiger partial charge < -0.3 is 50.6 Å². The van der Waals surface area contributed by atoms with Crippen LogP contribution in [0.1, 0.15) is 6.92 Å². The molecule has 9 atom stereocenters. The van der Waals surface area contributed by atoms with Gasteiger partial charge in [0.1, 0.15) is 42.7 Å². The summed E-state index contributed by atoms with van der Waals surface area (Å²) in [4.78, 5) is 21.2. The fourth-order valence-corrected chi connectivity index (χ4v) is 3.52. The molecule has 35 heavy (non-hydrogen) atoms. The summed E-state index contributed by atoms with van der Waals surface area (Å²) >= 11 is 0. The Hall–Kier alpha value is -1.44. The standard InChI is InChI=1S/C8H15NO9S.C6H12O9S/c1-3(11)9-5-6(12)7(18-19(14,15)16)4(2-10)17-8(5)13;7-1-3(9)5(10)6(11)4(2-8)15-16(12,13)14/h4-8,10,12-13H,2H2,1H3,(H,9,11)(H,14,15,16);2-7,9-11H,1H2,(H,12,13,14)/t4-,5-,6-,7+,8?;3-,4+,5-,6-/m11/s1. The average molecular weight is 561 g/mol. The van der Waals surface area contributed by atoms with Crippen molar-refractivity contribution in [3.8, 4) is 0 Å². The van der Waals surface area contributed by atoms with Crippen LogP contribution in [-0.4, -0.2) is 142 Å². The van der Waals surface area contributed by atoms with Crippen LogP contribution < -0.4 is 5.32 Å². The molecule has 0 bridgehead atoms. The predicted octanol–water partition coefficient (Wildman–Crippen LogP) is -6.80. The quantitative estimate of drug-likeness (QED) is 0.0827. The minimum absolute atomic E-state index is 0.189. The lowest BCUT2D eigenvalue weighted by Gasteiger charge is -2.41. The molecule has 1 saturated heterocycles. The summed E-state index contributed by atoms with van der Waals surface area (Å²) in [6, 6.07) is -1.37. The molecular weight excluding hydrogens is 534 g/mol. The number of rotatable bonds is 11. The van der Waals surface area contributed by atoms with Crippen molar-refractivity contribution in [2.75, 3.05) is 13.2 Å².